The van der Waals surface area contributed by atoms with Crippen LogP contribution < -0.4 is 4.72 Å². The summed E-state index contributed by atoms with van der Waals surface area (Å²) < 4.78 is 25.0. The highest BCUT2D eigenvalue weighted by Crippen LogP contribution is 2.19. The van der Waals surface area contributed by atoms with Gasteiger partial charge in [-0.3, -0.25) is 0 Å². The van der Waals surface area contributed by atoms with Crippen molar-refractivity contribution in [2.75, 3.05) is 25.9 Å². The summed E-state index contributed by atoms with van der Waals surface area (Å²) in [4.78, 5) is 2.15. The number of piperidine rings is 1. The lowest BCUT2D eigenvalue weighted by Crippen LogP contribution is -2.45. The van der Waals surface area contributed by atoms with E-state index in [0.717, 1.165) is 31.5 Å². The van der Waals surface area contributed by atoms with Crippen LogP contribution in [0.25, 0.3) is 0 Å². The van der Waals surface area contributed by atoms with Gasteiger partial charge in [-0.25, -0.2) is 13.1 Å². The molecule has 1 fully saturated rings. The zero-order chi connectivity index (χ0) is 15.5. The minimum Gasteiger partial charge on any atom is -0.387 e. The zero-order valence-electron chi connectivity index (χ0n) is 12.0. The Morgan fingerprint density at radius 3 is 2.43 bits per heavy atom. The van der Waals surface area contributed by atoms with E-state index in [0.29, 0.717) is 11.6 Å². The van der Waals surface area contributed by atoms with E-state index in [2.05, 4.69) is 9.62 Å². The van der Waals surface area contributed by atoms with E-state index in [1.165, 1.54) is 6.26 Å². The van der Waals surface area contributed by atoms with Crippen molar-refractivity contribution in [3.63, 3.8) is 0 Å². The average molecular weight is 333 g/mol. The molecule has 5 nitrogen and oxygen atoms in total. The third-order valence-corrected chi connectivity index (χ3v) is 4.67. The van der Waals surface area contributed by atoms with E-state index in [1.807, 2.05) is 12.1 Å². The number of hydrogen-bond donors (Lipinski definition) is 2. The highest BCUT2D eigenvalue weighted by Gasteiger charge is 2.23. The molecule has 21 heavy (non-hydrogen) atoms. The fraction of sp³-hybridized carbons (Fsp3) is 0.571. The second kappa shape index (κ2) is 7.07. The lowest BCUT2D eigenvalue weighted by atomic mass is 10.0. The standard InChI is InChI=1S/C14H21ClN2O3S/c1-21(19,20)16-13-6-8-17(9-7-13)10-14(18)11-2-4-12(15)5-3-11/h2-5,13-14,16,18H,6-10H2,1H3. The molecule has 1 aromatic carbocycles. The quantitative estimate of drug-likeness (QED) is 0.855. The van der Waals surface area contributed by atoms with Crippen molar-refractivity contribution < 1.29 is 13.5 Å². The highest BCUT2D eigenvalue weighted by atomic mass is 35.5. The van der Waals surface area contributed by atoms with Crippen molar-refractivity contribution in [2.45, 2.75) is 25.0 Å². The minimum atomic E-state index is -3.14. The van der Waals surface area contributed by atoms with Gasteiger partial charge in [-0.2, -0.15) is 0 Å². The number of aliphatic hydroxyl groups is 1. The summed E-state index contributed by atoms with van der Waals surface area (Å²) in [7, 11) is -3.14. The summed E-state index contributed by atoms with van der Waals surface area (Å²) in [5, 5.41) is 10.9. The fourth-order valence-corrected chi connectivity index (χ4v) is 3.54. The number of rotatable bonds is 5. The van der Waals surface area contributed by atoms with Crippen LogP contribution in [0.15, 0.2) is 24.3 Å². The van der Waals surface area contributed by atoms with Gasteiger partial charge in [0.15, 0.2) is 0 Å². The molecule has 1 aliphatic heterocycles. The molecule has 0 saturated carbocycles. The highest BCUT2D eigenvalue weighted by molar-refractivity contribution is 7.88. The molecule has 118 valence electrons. The van der Waals surface area contributed by atoms with E-state index in [4.69, 9.17) is 11.6 Å². The molecule has 2 rings (SSSR count). The van der Waals surface area contributed by atoms with Gasteiger partial charge in [-0.05, 0) is 43.6 Å². The van der Waals surface area contributed by atoms with Crippen LogP contribution in [-0.4, -0.2) is 50.4 Å². The lowest BCUT2D eigenvalue weighted by Gasteiger charge is -2.33. The van der Waals surface area contributed by atoms with Gasteiger partial charge in [0.05, 0.1) is 12.4 Å². The molecule has 1 unspecified atom stereocenters. The maximum Gasteiger partial charge on any atom is 0.208 e. The molecule has 1 aliphatic rings. The van der Waals surface area contributed by atoms with Crippen molar-refractivity contribution in [2.24, 2.45) is 0 Å². The van der Waals surface area contributed by atoms with E-state index >= 15 is 0 Å². The number of β-amino-alcohol motifs (C(OH)–C–C–N with tert-alkyl or cyclic N) is 1. The topological polar surface area (TPSA) is 69.6 Å². The number of benzene rings is 1. The minimum absolute atomic E-state index is 0.00363. The smallest absolute Gasteiger partial charge is 0.208 e. The fourth-order valence-electron chi connectivity index (χ4n) is 2.57. The van der Waals surface area contributed by atoms with Crippen LogP contribution >= 0.6 is 11.6 Å². The number of hydrogen-bond acceptors (Lipinski definition) is 4. The van der Waals surface area contributed by atoms with Gasteiger partial charge in [0.25, 0.3) is 0 Å². The van der Waals surface area contributed by atoms with Crippen LogP contribution in [0.1, 0.15) is 24.5 Å². The zero-order valence-corrected chi connectivity index (χ0v) is 13.6. The van der Waals surface area contributed by atoms with E-state index < -0.39 is 16.1 Å². The first-order chi connectivity index (χ1) is 9.83. The molecule has 1 aromatic rings. The first-order valence-corrected chi connectivity index (χ1v) is 9.23. The molecular formula is C14H21ClN2O3S. The first kappa shape index (κ1) is 16.7. The van der Waals surface area contributed by atoms with Gasteiger partial charge in [-0.15, -0.1) is 0 Å². The predicted octanol–water partition coefficient (Wildman–Crippen LogP) is 1.39. The predicted molar refractivity (Wildman–Crippen MR) is 83.9 cm³/mol. The Hall–Kier alpha value is -0.660. The van der Waals surface area contributed by atoms with E-state index in [-0.39, 0.29) is 6.04 Å². The van der Waals surface area contributed by atoms with E-state index in [1.54, 1.807) is 12.1 Å². The first-order valence-electron chi connectivity index (χ1n) is 6.97. The number of aliphatic hydroxyl groups excluding tert-OH is 1. The molecule has 1 heterocycles. The molecule has 2 N–H and O–H groups in total. The third-order valence-electron chi connectivity index (χ3n) is 3.65. The van der Waals surface area contributed by atoms with E-state index in [9.17, 15) is 13.5 Å². The van der Waals surface area contributed by atoms with Crippen LogP contribution in [0, 0.1) is 0 Å². The number of sulfonamides is 1. The Kier molecular flexibility index (Phi) is 5.62. The third kappa shape index (κ3) is 5.56. The van der Waals surface area contributed by atoms with Crippen molar-refractivity contribution in [1.82, 2.24) is 9.62 Å². The van der Waals surface area contributed by atoms with Gasteiger partial charge in [0, 0.05) is 17.6 Å². The molecule has 1 atom stereocenters. The van der Waals surface area contributed by atoms with Gasteiger partial charge >= 0.3 is 0 Å². The number of halogens is 1. The SMILES string of the molecule is CS(=O)(=O)NC1CCN(CC(O)c2ccc(Cl)cc2)CC1. The summed E-state index contributed by atoms with van der Waals surface area (Å²) in [6.45, 7) is 2.10. The Balaban J connectivity index is 1.82. The van der Waals surface area contributed by atoms with Crippen molar-refractivity contribution in [3.8, 4) is 0 Å². The molecule has 0 radical (unpaired) electrons. The van der Waals surface area contributed by atoms with Crippen molar-refractivity contribution >= 4 is 21.6 Å². The lowest BCUT2D eigenvalue weighted by molar-refractivity contribution is 0.0963. The van der Waals surface area contributed by atoms with Crippen LogP contribution in [0.2, 0.25) is 5.02 Å². The van der Waals surface area contributed by atoms with Gasteiger partial charge in [-0.1, -0.05) is 23.7 Å². The van der Waals surface area contributed by atoms with Gasteiger partial charge in [0.2, 0.25) is 10.0 Å². The molecule has 7 heteroatoms. The van der Waals surface area contributed by atoms with Crippen molar-refractivity contribution in [1.29, 1.82) is 0 Å². The van der Waals surface area contributed by atoms with Crippen LogP contribution in [0.5, 0.6) is 0 Å². The molecule has 0 aliphatic carbocycles. The Morgan fingerprint density at radius 2 is 1.90 bits per heavy atom. The molecular weight excluding hydrogens is 312 g/mol. The number of likely N-dealkylation sites (tertiary alicyclic amines) is 1. The number of nitrogens with zero attached hydrogens (tertiary/aromatic N) is 1. The number of nitrogens with one attached hydrogen (secondary N) is 1. The summed E-state index contributed by atoms with van der Waals surface area (Å²) in [5.41, 5.74) is 0.843. The average Bonchev–Trinajstić information content (AvgIpc) is 2.40. The Morgan fingerprint density at radius 1 is 1.33 bits per heavy atom. The van der Waals surface area contributed by atoms with Gasteiger partial charge < -0.3 is 10.0 Å². The summed E-state index contributed by atoms with van der Waals surface area (Å²) in [6.07, 6.45) is 2.16. The van der Waals surface area contributed by atoms with Crippen molar-refractivity contribution in [3.05, 3.63) is 34.9 Å². The summed E-state index contributed by atoms with van der Waals surface area (Å²) in [5.74, 6) is 0. The summed E-state index contributed by atoms with van der Waals surface area (Å²) in [6, 6.07) is 7.18. The molecule has 0 aromatic heterocycles. The van der Waals surface area contributed by atoms with Crippen LogP contribution in [-0.2, 0) is 10.0 Å². The maximum atomic E-state index is 11.2. The second-order valence-electron chi connectivity index (χ2n) is 5.53. The molecule has 1 saturated heterocycles. The second-order valence-corrected chi connectivity index (χ2v) is 7.75. The molecule has 0 spiro atoms. The summed E-state index contributed by atoms with van der Waals surface area (Å²) >= 11 is 5.83. The largest absolute Gasteiger partial charge is 0.387 e. The molecule has 0 bridgehead atoms. The Bertz CT molecular complexity index is 554. The molecule has 0 amide bonds. The monoisotopic (exact) mass is 332 g/mol. The Labute approximate surface area is 131 Å². The van der Waals surface area contributed by atoms with Crippen LogP contribution in [0.3, 0.4) is 0 Å². The normalized spacial score (nSPS) is 19.6. The maximum absolute atomic E-state index is 11.2. The van der Waals surface area contributed by atoms with Gasteiger partial charge in [0.1, 0.15) is 0 Å². The van der Waals surface area contributed by atoms with Crippen LogP contribution in [0.4, 0.5) is 0 Å².